The van der Waals surface area contributed by atoms with Gasteiger partial charge in [0.25, 0.3) is 0 Å². The summed E-state index contributed by atoms with van der Waals surface area (Å²) in [6, 6.07) is 8.40. The van der Waals surface area contributed by atoms with Crippen molar-refractivity contribution in [3.05, 3.63) is 24.3 Å². The van der Waals surface area contributed by atoms with Crippen molar-refractivity contribution in [3.8, 4) is 0 Å². The van der Waals surface area contributed by atoms with E-state index < -0.39 is 0 Å². The molecule has 0 spiro atoms. The molecular formula is C11H13NS2. The Morgan fingerprint density at radius 1 is 1.43 bits per heavy atom. The van der Waals surface area contributed by atoms with E-state index in [1.807, 2.05) is 23.5 Å². The van der Waals surface area contributed by atoms with Crippen molar-refractivity contribution in [2.75, 3.05) is 11.5 Å². The molecule has 0 unspecified atom stereocenters. The van der Waals surface area contributed by atoms with Crippen LogP contribution in [0.15, 0.2) is 34.2 Å². The van der Waals surface area contributed by atoms with Crippen LogP contribution in [-0.2, 0) is 0 Å². The van der Waals surface area contributed by atoms with Gasteiger partial charge >= 0.3 is 0 Å². The SMILES string of the molecule is CCSC1=Nc2ccccc2SCC1. The zero-order valence-corrected chi connectivity index (χ0v) is 9.83. The molecule has 14 heavy (non-hydrogen) atoms. The van der Waals surface area contributed by atoms with Gasteiger partial charge < -0.3 is 0 Å². The van der Waals surface area contributed by atoms with Crippen LogP contribution < -0.4 is 0 Å². The Labute approximate surface area is 93.4 Å². The van der Waals surface area contributed by atoms with Gasteiger partial charge in [-0.3, -0.25) is 0 Å². The number of rotatable bonds is 1. The van der Waals surface area contributed by atoms with Crippen LogP contribution in [-0.4, -0.2) is 16.5 Å². The van der Waals surface area contributed by atoms with E-state index in [-0.39, 0.29) is 0 Å². The van der Waals surface area contributed by atoms with Crippen molar-refractivity contribution >= 4 is 34.3 Å². The normalized spacial score (nSPS) is 15.6. The van der Waals surface area contributed by atoms with Gasteiger partial charge in [-0.05, 0) is 17.9 Å². The van der Waals surface area contributed by atoms with Gasteiger partial charge in [0, 0.05) is 17.1 Å². The Hall–Kier alpha value is -0.410. The summed E-state index contributed by atoms with van der Waals surface area (Å²) in [5, 5.41) is 1.28. The summed E-state index contributed by atoms with van der Waals surface area (Å²) in [6.45, 7) is 2.18. The number of aliphatic imine (C=N–C) groups is 1. The third-order valence-electron chi connectivity index (χ3n) is 1.99. The molecule has 0 N–H and O–H groups in total. The number of thioether (sulfide) groups is 2. The Balaban J connectivity index is 2.30. The molecule has 0 saturated carbocycles. The first-order chi connectivity index (χ1) is 6.90. The van der Waals surface area contributed by atoms with Crippen LogP contribution in [0.2, 0.25) is 0 Å². The van der Waals surface area contributed by atoms with E-state index >= 15 is 0 Å². The molecule has 1 aliphatic heterocycles. The van der Waals surface area contributed by atoms with Gasteiger partial charge in [0.2, 0.25) is 0 Å². The molecule has 0 aliphatic carbocycles. The molecule has 0 radical (unpaired) electrons. The predicted molar refractivity (Wildman–Crippen MR) is 67.0 cm³/mol. The molecule has 2 rings (SSSR count). The van der Waals surface area contributed by atoms with Gasteiger partial charge in [-0.1, -0.05) is 19.1 Å². The molecular weight excluding hydrogens is 210 g/mol. The summed E-state index contributed by atoms with van der Waals surface area (Å²) in [4.78, 5) is 6.01. The van der Waals surface area contributed by atoms with Crippen LogP contribution in [0.1, 0.15) is 13.3 Å². The fourth-order valence-corrected chi connectivity index (χ4v) is 3.20. The average Bonchev–Trinajstić information content (AvgIpc) is 2.40. The second-order valence-corrected chi connectivity index (χ2v) is 5.48. The number of nitrogens with zero attached hydrogens (tertiary/aromatic N) is 1. The zero-order valence-electron chi connectivity index (χ0n) is 8.19. The largest absolute Gasteiger partial charge is 0.245 e. The Morgan fingerprint density at radius 2 is 2.29 bits per heavy atom. The molecule has 0 aromatic heterocycles. The second-order valence-electron chi connectivity index (χ2n) is 3.00. The predicted octanol–water partition coefficient (Wildman–Crippen LogP) is 3.97. The highest BCUT2D eigenvalue weighted by Crippen LogP contribution is 2.34. The minimum absolute atomic E-state index is 1.11. The number of benzene rings is 1. The lowest BCUT2D eigenvalue weighted by Gasteiger charge is -2.00. The summed E-state index contributed by atoms with van der Waals surface area (Å²) < 4.78 is 0. The van der Waals surface area contributed by atoms with Gasteiger partial charge in [0.1, 0.15) is 0 Å². The first-order valence-electron chi connectivity index (χ1n) is 4.82. The first-order valence-corrected chi connectivity index (χ1v) is 6.79. The van der Waals surface area contributed by atoms with Crippen LogP contribution >= 0.6 is 23.5 Å². The molecule has 1 aromatic carbocycles. The highest BCUT2D eigenvalue weighted by molar-refractivity contribution is 8.14. The summed E-state index contributed by atoms with van der Waals surface area (Å²) >= 11 is 3.78. The highest BCUT2D eigenvalue weighted by atomic mass is 32.2. The van der Waals surface area contributed by atoms with Crippen LogP contribution in [0.25, 0.3) is 0 Å². The van der Waals surface area contributed by atoms with Crippen molar-refractivity contribution in [2.24, 2.45) is 4.99 Å². The lowest BCUT2D eigenvalue weighted by atomic mass is 10.3. The van der Waals surface area contributed by atoms with Gasteiger partial charge in [0.05, 0.1) is 10.7 Å². The van der Waals surface area contributed by atoms with Crippen LogP contribution in [0, 0.1) is 0 Å². The van der Waals surface area contributed by atoms with Crippen molar-refractivity contribution in [1.82, 2.24) is 0 Å². The quantitative estimate of drug-likeness (QED) is 0.714. The zero-order chi connectivity index (χ0) is 9.80. The molecule has 1 heterocycles. The lowest BCUT2D eigenvalue weighted by Crippen LogP contribution is -1.92. The molecule has 0 bridgehead atoms. The fraction of sp³-hybridized carbons (Fsp3) is 0.364. The number of hydrogen-bond donors (Lipinski definition) is 0. The van der Waals surface area contributed by atoms with Gasteiger partial charge in [-0.15, -0.1) is 23.5 Å². The number of fused-ring (bicyclic) bond motifs is 1. The molecule has 74 valence electrons. The monoisotopic (exact) mass is 223 g/mol. The number of hydrogen-bond acceptors (Lipinski definition) is 3. The van der Waals surface area contributed by atoms with Crippen LogP contribution in [0.3, 0.4) is 0 Å². The molecule has 0 saturated heterocycles. The van der Waals surface area contributed by atoms with Crippen LogP contribution in [0.5, 0.6) is 0 Å². The summed E-state index contributed by atoms with van der Waals surface area (Å²) in [5.41, 5.74) is 1.14. The van der Waals surface area contributed by atoms with Gasteiger partial charge in [0.15, 0.2) is 0 Å². The van der Waals surface area contributed by atoms with E-state index in [4.69, 9.17) is 0 Å². The topological polar surface area (TPSA) is 12.4 Å². The van der Waals surface area contributed by atoms with Crippen LogP contribution in [0.4, 0.5) is 5.69 Å². The summed E-state index contributed by atoms with van der Waals surface area (Å²) in [7, 11) is 0. The third kappa shape index (κ3) is 2.34. The smallest absolute Gasteiger partial charge is 0.0775 e. The Bertz CT molecular complexity index is 347. The van der Waals surface area contributed by atoms with Crippen molar-refractivity contribution in [2.45, 2.75) is 18.2 Å². The van der Waals surface area contributed by atoms with Crippen molar-refractivity contribution in [1.29, 1.82) is 0 Å². The van der Waals surface area contributed by atoms with E-state index in [1.165, 1.54) is 9.94 Å². The van der Waals surface area contributed by atoms with E-state index in [0.29, 0.717) is 0 Å². The lowest BCUT2D eigenvalue weighted by molar-refractivity contribution is 1.34. The maximum atomic E-state index is 4.69. The molecule has 0 atom stereocenters. The number of para-hydroxylation sites is 1. The van der Waals surface area contributed by atoms with E-state index in [9.17, 15) is 0 Å². The van der Waals surface area contributed by atoms with E-state index in [1.54, 1.807) is 0 Å². The van der Waals surface area contributed by atoms with E-state index in [2.05, 4.69) is 36.2 Å². The molecule has 1 aromatic rings. The summed E-state index contributed by atoms with van der Waals surface area (Å²) in [5.74, 6) is 2.27. The fourth-order valence-electron chi connectivity index (χ4n) is 1.38. The average molecular weight is 223 g/mol. The summed E-state index contributed by atoms with van der Waals surface area (Å²) in [6.07, 6.45) is 1.11. The first kappa shape index (κ1) is 10.1. The van der Waals surface area contributed by atoms with Gasteiger partial charge in [-0.2, -0.15) is 0 Å². The minimum atomic E-state index is 1.11. The molecule has 0 amide bonds. The van der Waals surface area contributed by atoms with Crippen molar-refractivity contribution in [3.63, 3.8) is 0 Å². The second kappa shape index (κ2) is 4.89. The molecule has 0 fully saturated rings. The third-order valence-corrected chi connectivity index (χ3v) is 3.98. The Morgan fingerprint density at radius 3 is 3.14 bits per heavy atom. The molecule has 3 heteroatoms. The van der Waals surface area contributed by atoms with E-state index in [0.717, 1.165) is 23.6 Å². The van der Waals surface area contributed by atoms with Crippen molar-refractivity contribution < 1.29 is 0 Å². The maximum Gasteiger partial charge on any atom is 0.0775 e. The van der Waals surface area contributed by atoms with Gasteiger partial charge in [-0.25, -0.2) is 4.99 Å². The highest BCUT2D eigenvalue weighted by Gasteiger charge is 2.09. The maximum absolute atomic E-state index is 4.69. The standard InChI is InChI=1S/C11H13NS2/c1-2-13-11-7-8-14-10-6-4-3-5-9(10)12-11/h3-6H,2,7-8H2,1H3. The Kier molecular flexibility index (Phi) is 3.54. The molecule has 1 aliphatic rings. The minimum Gasteiger partial charge on any atom is -0.245 e. The molecule has 1 nitrogen and oxygen atoms in total.